The molecule has 0 spiro atoms. The molecule has 3 rings (SSSR count). The lowest BCUT2D eigenvalue weighted by molar-refractivity contribution is 0.612. The van der Waals surface area contributed by atoms with Crippen LogP contribution in [0.1, 0.15) is 25.5 Å². The molecule has 0 unspecified atom stereocenters. The minimum Gasteiger partial charge on any atom is -0.313 e. The fourth-order valence-electron chi connectivity index (χ4n) is 2.51. The van der Waals surface area contributed by atoms with Gasteiger partial charge in [-0.05, 0) is 25.8 Å². The SMILES string of the molecule is C=CCc1ccccc1-c1ncnc2c1ncn2C(C)C. The second-order valence-electron chi connectivity index (χ2n) is 5.29. The molecule has 0 amide bonds. The molecule has 0 N–H and O–H groups in total. The summed E-state index contributed by atoms with van der Waals surface area (Å²) in [6.45, 7) is 8.07. The van der Waals surface area contributed by atoms with Crippen LogP contribution in [0.4, 0.5) is 0 Å². The van der Waals surface area contributed by atoms with E-state index in [4.69, 9.17) is 0 Å². The summed E-state index contributed by atoms with van der Waals surface area (Å²) in [6.07, 6.45) is 6.17. The van der Waals surface area contributed by atoms with Crippen molar-refractivity contribution in [2.75, 3.05) is 0 Å². The van der Waals surface area contributed by atoms with Crippen LogP contribution in [-0.2, 0) is 6.42 Å². The molecular formula is C17H18N4. The minimum atomic E-state index is 0.321. The molecular weight excluding hydrogens is 260 g/mol. The van der Waals surface area contributed by atoms with Gasteiger partial charge in [0.1, 0.15) is 17.5 Å². The van der Waals surface area contributed by atoms with Gasteiger partial charge in [0.25, 0.3) is 0 Å². The number of fused-ring (bicyclic) bond motifs is 1. The topological polar surface area (TPSA) is 43.6 Å². The molecule has 3 aromatic rings. The molecule has 0 saturated heterocycles. The second-order valence-corrected chi connectivity index (χ2v) is 5.29. The summed E-state index contributed by atoms with van der Waals surface area (Å²) >= 11 is 0. The number of benzene rings is 1. The van der Waals surface area contributed by atoms with Gasteiger partial charge in [-0.1, -0.05) is 30.3 Å². The Morgan fingerprint density at radius 3 is 2.76 bits per heavy atom. The average Bonchev–Trinajstić information content (AvgIpc) is 2.92. The Labute approximate surface area is 124 Å². The van der Waals surface area contributed by atoms with E-state index >= 15 is 0 Å². The lowest BCUT2D eigenvalue weighted by Gasteiger charge is -2.09. The van der Waals surface area contributed by atoms with Crippen LogP contribution < -0.4 is 0 Å². The van der Waals surface area contributed by atoms with Gasteiger partial charge in [0.15, 0.2) is 5.65 Å². The molecule has 0 fully saturated rings. The van der Waals surface area contributed by atoms with Gasteiger partial charge in [0.05, 0.1) is 6.33 Å². The lowest BCUT2D eigenvalue weighted by atomic mass is 10.0. The number of allylic oxidation sites excluding steroid dienone is 1. The standard InChI is InChI=1S/C17H18N4/c1-4-7-13-8-5-6-9-14(13)15-16-17(19-10-18-15)21(11-20-16)12(2)3/h4-6,8-12H,1,7H2,2-3H3. The minimum absolute atomic E-state index is 0.321. The third-order valence-electron chi connectivity index (χ3n) is 3.55. The smallest absolute Gasteiger partial charge is 0.164 e. The van der Waals surface area contributed by atoms with Gasteiger partial charge in [-0.15, -0.1) is 6.58 Å². The Morgan fingerprint density at radius 1 is 1.19 bits per heavy atom. The largest absolute Gasteiger partial charge is 0.313 e. The molecule has 0 aliphatic rings. The number of nitrogens with zero attached hydrogens (tertiary/aromatic N) is 4. The highest BCUT2D eigenvalue weighted by Gasteiger charge is 2.14. The lowest BCUT2D eigenvalue weighted by Crippen LogP contribution is -2.00. The maximum Gasteiger partial charge on any atom is 0.164 e. The second kappa shape index (κ2) is 5.48. The van der Waals surface area contributed by atoms with E-state index in [1.165, 1.54) is 5.56 Å². The molecule has 4 nitrogen and oxygen atoms in total. The van der Waals surface area contributed by atoms with E-state index in [1.807, 2.05) is 24.5 Å². The number of aromatic nitrogens is 4. The predicted octanol–water partition coefficient (Wildman–Crippen LogP) is 3.80. The van der Waals surface area contributed by atoms with Crippen molar-refractivity contribution in [3.8, 4) is 11.3 Å². The quantitative estimate of drug-likeness (QED) is 0.682. The highest BCUT2D eigenvalue weighted by molar-refractivity contribution is 5.88. The van der Waals surface area contributed by atoms with Gasteiger partial charge in [-0.3, -0.25) is 0 Å². The Bertz CT molecular complexity index is 786. The zero-order valence-electron chi connectivity index (χ0n) is 12.3. The van der Waals surface area contributed by atoms with E-state index in [1.54, 1.807) is 6.33 Å². The fraction of sp³-hybridized carbons (Fsp3) is 0.235. The molecule has 1 aromatic carbocycles. The van der Waals surface area contributed by atoms with Gasteiger partial charge in [-0.25, -0.2) is 15.0 Å². The van der Waals surface area contributed by atoms with Gasteiger partial charge in [0, 0.05) is 11.6 Å². The summed E-state index contributed by atoms with van der Waals surface area (Å²) < 4.78 is 2.07. The molecule has 2 heterocycles. The third-order valence-corrected chi connectivity index (χ3v) is 3.55. The number of hydrogen-bond donors (Lipinski definition) is 0. The van der Waals surface area contributed by atoms with Crippen LogP contribution in [0.2, 0.25) is 0 Å². The Balaban J connectivity index is 2.24. The van der Waals surface area contributed by atoms with Crippen LogP contribution in [0.3, 0.4) is 0 Å². The van der Waals surface area contributed by atoms with E-state index < -0.39 is 0 Å². The number of hydrogen-bond acceptors (Lipinski definition) is 3. The molecule has 2 aromatic heterocycles. The van der Waals surface area contributed by atoms with Crippen molar-refractivity contribution in [2.45, 2.75) is 26.3 Å². The maximum atomic E-state index is 4.53. The highest BCUT2D eigenvalue weighted by Crippen LogP contribution is 2.28. The van der Waals surface area contributed by atoms with Crippen LogP contribution >= 0.6 is 0 Å². The van der Waals surface area contributed by atoms with Gasteiger partial charge in [-0.2, -0.15) is 0 Å². The van der Waals surface area contributed by atoms with Crippen LogP contribution in [-0.4, -0.2) is 19.5 Å². The molecule has 0 saturated carbocycles. The van der Waals surface area contributed by atoms with Crippen molar-refractivity contribution in [3.63, 3.8) is 0 Å². The fourth-order valence-corrected chi connectivity index (χ4v) is 2.51. The molecule has 4 heteroatoms. The average molecular weight is 278 g/mol. The van der Waals surface area contributed by atoms with Crippen molar-refractivity contribution < 1.29 is 0 Å². The normalized spacial score (nSPS) is 11.2. The first-order valence-electron chi connectivity index (χ1n) is 7.09. The molecule has 0 aliphatic heterocycles. The molecule has 0 radical (unpaired) electrons. The molecule has 0 bridgehead atoms. The number of imidazole rings is 1. The molecule has 0 atom stereocenters. The first kappa shape index (κ1) is 13.5. The Hall–Kier alpha value is -2.49. The van der Waals surface area contributed by atoms with Crippen LogP contribution in [0, 0.1) is 0 Å². The van der Waals surface area contributed by atoms with Crippen molar-refractivity contribution in [3.05, 3.63) is 55.1 Å². The molecule has 106 valence electrons. The Morgan fingerprint density at radius 2 is 2.00 bits per heavy atom. The van der Waals surface area contributed by atoms with E-state index in [2.05, 4.69) is 52.1 Å². The van der Waals surface area contributed by atoms with Crippen LogP contribution in [0.15, 0.2) is 49.6 Å². The zero-order chi connectivity index (χ0) is 14.8. The first-order chi connectivity index (χ1) is 10.2. The summed E-state index contributed by atoms with van der Waals surface area (Å²) in [4.78, 5) is 13.4. The van der Waals surface area contributed by atoms with Gasteiger partial charge in [0.2, 0.25) is 0 Å². The van der Waals surface area contributed by atoms with E-state index in [-0.39, 0.29) is 0 Å². The van der Waals surface area contributed by atoms with Crippen molar-refractivity contribution in [2.24, 2.45) is 0 Å². The van der Waals surface area contributed by atoms with Crippen LogP contribution in [0.5, 0.6) is 0 Å². The van der Waals surface area contributed by atoms with E-state index in [0.29, 0.717) is 6.04 Å². The van der Waals surface area contributed by atoms with Crippen molar-refractivity contribution >= 4 is 11.2 Å². The summed E-state index contributed by atoms with van der Waals surface area (Å²) in [7, 11) is 0. The zero-order valence-corrected chi connectivity index (χ0v) is 12.3. The van der Waals surface area contributed by atoms with Gasteiger partial charge >= 0.3 is 0 Å². The summed E-state index contributed by atoms with van der Waals surface area (Å²) in [5.41, 5.74) is 4.91. The summed E-state index contributed by atoms with van der Waals surface area (Å²) in [6, 6.07) is 8.56. The predicted molar refractivity (Wildman–Crippen MR) is 85.0 cm³/mol. The Kier molecular flexibility index (Phi) is 3.52. The number of rotatable bonds is 4. The third kappa shape index (κ3) is 2.33. The summed E-state index contributed by atoms with van der Waals surface area (Å²) in [5, 5.41) is 0. The van der Waals surface area contributed by atoms with Crippen molar-refractivity contribution in [1.82, 2.24) is 19.5 Å². The van der Waals surface area contributed by atoms with Crippen molar-refractivity contribution in [1.29, 1.82) is 0 Å². The van der Waals surface area contributed by atoms with Gasteiger partial charge < -0.3 is 4.57 Å². The highest BCUT2D eigenvalue weighted by atomic mass is 15.1. The molecule has 0 aliphatic carbocycles. The monoisotopic (exact) mass is 278 g/mol. The maximum absolute atomic E-state index is 4.53. The first-order valence-corrected chi connectivity index (χ1v) is 7.09. The van der Waals surface area contributed by atoms with Crippen LogP contribution in [0.25, 0.3) is 22.4 Å². The summed E-state index contributed by atoms with van der Waals surface area (Å²) in [5.74, 6) is 0. The molecule has 21 heavy (non-hydrogen) atoms. The van der Waals surface area contributed by atoms with E-state index in [0.717, 1.165) is 28.8 Å². The van der Waals surface area contributed by atoms with E-state index in [9.17, 15) is 0 Å².